The molecule has 1 amide bonds. The quantitative estimate of drug-likeness (QED) is 0.549. The van der Waals surface area contributed by atoms with Crippen molar-refractivity contribution in [1.82, 2.24) is 10.2 Å². The van der Waals surface area contributed by atoms with Crippen LogP contribution in [0.1, 0.15) is 32.8 Å². The maximum Gasteiger partial charge on any atom is 0.387 e. The largest absolute Gasteiger partial charge is 0.490 e. The van der Waals surface area contributed by atoms with Gasteiger partial charge in [0, 0.05) is 31.8 Å². The van der Waals surface area contributed by atoms with Crippen molar-refractivity contribution in [3.8, 4) is 11.5 Å². The van der Waals surface area contributed by atoms with E-state index in [1.54, 1.807) is 25.1 Å². The lowest BCUT2D eigenvalue weighted by Crippen LogP contribution is -2.49. The summed E-state index contributed by atoms with van der Waals surface area (Å²) in [6.07, 6.45) is 4.05. The van der Waals surface area contributed by atoms with E-state index >= 15 is 0 Å². The van der Waals surface area contributed by atoms with Crippen LogP contribution in [0.25, 0.3) is 6.08 Å². The first-order valence-electron chi connectivity index (χ1n) is 10.4. The fraction of sp³-hybridized carbons (Fsp3) is 0.591. The van der Waals surface area contributed by atoms with Gasteiger partial charge in [-0.05, 0) is 43.0 Å². The Hall–Kier alpha value is -2.19. The molecule has 0 aliphatic carbocycles. The fourth-order valence-corrected chi connectivity index (χ4v) is 3.39. The minimum atomic E-state index is -2.93. The van der Waals surface area contributed by atoms with Gasteiger partial charge in [0.15, 0.2) is 11.5 Å². The molecular weight excluding hydrogens is 394 g/mol. The molecule has 1 aromatic rings. The molecule has 0 radical (unpaired) electrons. The summed E-state index contributed by atoms with van der Waals surface area (Å²) in [6.45, 7) is 7.22. The average molecular weight is 427 g/mol. The third-order valence-electron chi connectivity index (χ3n) is 4.73. The van der Waals surface area contributed by atoms with Crippen LogP contribution in [-0.2, 0) is 9.53 Å². The van der Waals surface area contributed by atoms with E-state index in [9.17, 15) is 13.6 Å². The van der Waals surface area contributed by atoms with Gasteiger partial charge in [0.25, 0.3) is 0 Å². The molecule has 1 saturated heterocycles. The van der Waals surface area contributed by atoms with E-state index in [0.717, 1.165) is 32.7 Å². The number of ether oxygens (including phenoxy) is 3. The summed E-state index contributed by atoms with van der Waals surface area (Å²) >= 11 is 0. The highest BCUT2D eigenvalue weighted by molar-refractivity contribution is 5.91. The summed E-state index contributed by atoms with van der Waals surface area (Å²) in [4.78, 5) is 14.7. The number of benzene rings is 1. The second-order valence-corrected chi connectivity index (χ2v) is 7.53. The number of hydrogen-bond donors (Lipinski definition) is 1. The maximum absolute atomic E-state index is 12.5. The van der Waals surface area contributed by atoms with Crippen molar-refractivity contribution < 1.29 is 27.8 Å². The standard InChI is InChI=1S/C22H32F2N2O4/c1-4-29-20-14-17(5-7-19(20)30-22(23)24)6-8-21(27)25-15-18(13-16(2)3)26-9-11-28-12-10-26/h5-8,14,16,18,22H,4,9-13,15H2,1-3H3,(H,25,27). The van der Waals surface area contributed by atoms with Gasteiger partial charge < -0.3 is 19.5 Å². The Morgan fingerprint density at radius 3 is 2.63 bits per heavy atom. The van der Waals surface area contributed by atoms with Crippen LogP contribution in [0.5, 0.6) is 11.5 Å². The van der Waals surface area contributed by atoms with Gasteiger partial charge in [-0.3, -0.25) is 9.69 Å². The first kappa shape index (κ1) is 24.1. The van der Waals surface area contributed by atoms with Gasteiger partial charge >= 0.3 is 6.61 Å². The van der Waals surface area contributed by atoms with Crippen molar-refractivity contribution in [2.45, 2.75) is 39.8 Å². The van der Waals surface area contributed by atoms with Crippen LogP contribution in [0.3, 0.4) is 0 Å². The third-order valence-corrected chi connectivity index (χ3v) is 4.73. The predicted molar refractivity (Wildman–Crippen MR) is 112 cm³/mol. The Morgan fingerprint density at radius 1 is 1.27 bits per heavy atom. The molecule has 0 aromatic heterocycles. The van der Waals surface area contributed by atoms with Crippen molar-refractivity contribution in [2.24, 2.45) is 5.92 Å². The van der Waals surface area contributed by atoms with Gasteiger partial charge in [-0.1, -0.05) is 19.9 Å². The van der Waals surface area contributed by atoms with E-state index < -0.39 is 6.61 Å². The zero-order chi connectivity index (χ0) is 21.9. The van der Waals surface area contributed by atoms with Gasteiger partial charge in [0.2, 0.25) is 5.91 Å². The minimum Gasteiger partial charge on any atom is -0.490 e. The number of morpholine rings is 1. The van der Waals surface area contributed by atoms with E-state index in [2.05, 4.69) is 28.8 Å². The van der Waals surface area contributed by atoms with Crippen LogP contribution in [0, 0.1) is 5.92 Å². The van der Waals surface area contributed by atoms with Crippen molar-refractivity contribution in [2.75, 3.05) is 39.5 Å². The molecule has 2 rings (SSSR count). The van der Waals surface area contributed by atoms with E-state index in [1.807, 2.05) is 0 Å². The van der Waals surface area contributed by atoms with Crippen molar-refractivity contribution in [1.29, 1.82) is 0 Å². The molecule has 1 unspecified atom stereocenters. The van der Waals surface area contributed by atoms with E-state index in [-0.39, 0.29) is 23.4 Å². The van der Waals surface area contributed by atoms with Crippen LogP contribution in [0.2, 0.25) is 0 Å². The van der Waals surface area contributed by atoms with E-state index in [0.29, 0.717) is 24.6 Å². The topological polar surface area (TPSA) is 60.0 Å². The van der Waals surface area contributed by atoms with Crippen LogP contribution in [0.15, 0.2) is 24.3 Å². The number of rotatable bonds is 11. The lowest BCUT2D eigenvalue weighted by atomic mass is 10.0. The summed E-state index contributed by atoms with van der Waals surface area (Å²) < 4.78 is 40.2. The molecule has 1 N–H and O–H groups in total. The number of halogens is 2. The molecule has 1 aromatic carbocycles. The molecule has 168 valence electrons. The molecule has 8 heteroatoms. The molecule has 1 atom stereocenters. The zero-order valence-corrected chi connectivity index (χ0v) is 17.9. The Kier molecular flexibility index (Phi) is 10.0. The number of alkyl halides is 2. The predicted octanol–water partition coefficient (Wildman–Crippen LogP) is 3.56. The summed E-state index contributed by atoms with van der Waals surface area (Å²) in [5.41, 5.74) is 0.655. The fourth-order valence-electron chi connectivity index (χ4n) is 3.39. The van der Waals surface area contributed by atoms with E-state index in [4.69, 9.17) is 9.47 Å². The lowest BCUT2D eigenvalue weighted by molar-refractivity contribution is -0.116. The van der Waals surface area contributed by atoms with Gasteiger partial charge in [-0.15, -0.1) is 0 Å². The lowest BCUT2D eigenvalue weighted by Gasteiger charge is -2.35. The smallest absolute Gasteiger partial charge is 0.387 e. The van der Waals surface area contributed by atoms with Crippen molar-refractivity contribution in [3.63, 3.8) is 0 Å². The molecular formula is C22H32F2N2O4. The Bertz CT molecular complexity index is 692. The highest BCUT2D eigenvalue weighted by Crippen LogP contribution is 2.30. The first-order chi connectivity index (χ1) is 14.4. The first-order valence-corrected chi connectivity index (χ1v) is 10.4. The summed E-state index contributed by atoms with van der Waals surface area (Å²) in [5.74, 6) is 0.499. The Morgan fingerprint density at radius 2 is 2.00 bits per heavy atom. The Balaban J connectivity index is 1.95. The molecule has 0 spiro atoms. The number of hydrogen-bond acceptors (Lipinski definition) is 5. The van der Waals surface area contributed by atoms with Crippen molar-refractivity contribution in [3.05, 3.63) is 29.8 Å². The second kappa shape index (κ2) is 12.5. The number of carbonyl (C=O) groups excluding carboxylic acids is 1. The molecule has 1 fully saturated rings. The monoisotopic (exact) mass is 426 g/mol. The molecule has 1 aliphatic rings. The number of nitrogens with one attached hydrogen (secondary N) is 1. The van der Waals surface area contributed by atoms with Crippen LogP contribution < -0.4 is 14.8 Å². The van der Waals surface area contributed by atoms with Crippen LogP contribution in [0.4, 0.5) is 8.78 Å². The Labute approximate surface area is 177 Å². The highest BCUT2D eigenvalue weighted by Gasteiger charge is 2.22. The second-order valence-electron chi connectivity index (χ2n) is 7.53. The maximum atomic E-state index is 12.5. The third kappa shape index (κ3) is 8.28. The van der Waals surface area contributed by atoms with Gasteiger partial charge in [-0.25, -0.2) is 0 Å². The number of carbonyl (C=O) groups is 1. The molecule has 1 heterocycles. The van der Waals surface area contributed by atoms with Gasteiger partial charge in [0.1, 0.15) is 0 Å². The van der Waals surface area contributed by atoms with Crippen LogP contribution >= 0.6 is 0 Å². The number of amides is 1. The van der Waals surface area contributed by atoms with Gasteiger partial charge in [-0.2, -0.15) is 8.78 Å². The minimum absolute atomic E-state index is 0.0320. The molecule has 0 saturated carbocycles. The zero-order valence-electron chi connectivity index (χ0n) is 17.9. The SMILES string of the molecule is CCOc1cc(C=CC(=O)NCC(CC(C)C)N2CCOCC2)ccc1OC(F)F. The normalized spacial score (nSPS) is 16.2. The highest BCUT2D eigenvalue weighted by atomic mass is 19.3. The van der Waals surface area contributed by atoms with Crippen molar-refractivity contribution >= 4 is 12.0 Å². The van der Waals surface area contributed by atoms with Crippen LogP contribution in [-0.4, -0.2) is 62.9 Å². The molecule has 1 aliphatic heterocycles. The summed E-state index contributed by atoms with van der Waals surface area (Å²) in [6, 6.07) is 4.84. The van der Waals surface area contributed by atoms with E-state index in [1.165, 1.54) is 12.1 Å². The molecule has 30 heavy (non-hydrogen) atoms. The molecule has 0 bridgehead atoms. The molecule has 6 nitrogen and oxygen atoms in total. The van der Waals surface area contributed by atoms with Gasteiger partial charge in [0.05, 0.1) is 19.8 Å². The number of nitrogens with zero attached hydrogens (tertiary/aromatic N) is 1. The summed E-state index contributed by atoms with van der Waals surface area (Å²) in [5, 5.41) is 2.97. The summed E-state index contributed by atoms with van der Waals surface area (Å²) in [7, 11) is 0. The average Bonchev–Trinajstić information content (AvgIpc) is 2.71.